The predicted octanol–water partition coefficient (Wildman–Crippen LogP) is 4.67. The number of halogens is 1. The van der Waals surface area contributed by atoms with Crippen molar-refractivity contribution < 1.29 is 4.79 Å². The molecule has 4 rings (SSSR count). The van der Waals surface area contributed by atoms with Gasteiger partial charge in [-0.1, -0.05) is 65.8 Å². The first-order chi connectivity index (χ1) is 15.5. The van der Waals surface area contributed by atoms with Crippen molar-refractivity contribution in [3.63, 3.8) is 0 Å². The molecular formula is C25H23ClN4OS. The van der Waals surface area contributed by atoms with E-state index < -0.39 is 0 Å². The number of pyridine rings is 1. The zero-order valence-corrected chi connectivity index (χ0v) is 19.3. The summed E-state index contributed by atoms with van der Waals surface area (Å²) in [5.41, 5.74) is 5.48. The molecule has 1 aliphatic heterocycles. The molecule has 1 aromatic heterocycles. The van der Waals surface area contributed by atoms with Crippen molar-refractivity contribution in [1.82, 2.24) is 15.2 Å². The zero-order valence-electron chi connectivity index (χ0n) is 17.8. The molecule has 1 N–H and O–H groups in total. The molecule has 162 valence electrons. The van der Waals surface area contributed by atoms with Gasteiger partial charge in [-0.15, -0.1) is 0 Å². The van der Waals surface area contributed by atoms with Gasteiger partial charge in [0, 0.05) is 42.3 Å². The van der Waals surface area contributed by atoms with E-state index in [1.807, 2.05) is 54.6 Å². The number of nitrogens with zero attached hydrogens (tertiary/aromatic N) is 3. The maximum Gasteiger partial charge on any atom is 0.230 e. The van der Waals surface area contributed by atoms with E-state index in [4.69, 9.17) is 16.6 Å². The van der Waals surface area contributed by atoms with Gasteiger partial charge >= 0.3 is 0 Å². The number of nitriles is 1. The summed E-state index contributed by atoms with van der Waals surface area (Å²) in [6.45, 7) is 2.12. The quantitative estimate of drug-likeness (QED) is 0.539. The van der Waals surface area contributed by atoms with Gasteiger partial charge in [0.15, 0.2) is 0 Å². The van der Waals surface area contributed by atoms with Crippen molar-refractivity contribution in [3.05, 3.63) is 82.0 Å². The molecule has 3 aromatic rings. The van der Waals surface area contributed by atoms with Gasteiger partial charge in [0.2, 0.25) is 5.91 Å². The SMILES string of the molecule is CN1CCc2nc(SCC(=O)NCc3ccccc3)c(C#N)c(-c3ccc(Cl)cc3)c2C1. The summed E-state index contributed by atoms with van der Waals surface area (Å²) < 4.78 is 0. The monoisotopic (exact) mass is 462 g/mol. The Morgan fingerprint density at radius 2 is 1.97 bits per heavy atom. The summed E-state index contributed by atoms with van der Waals surface area (Å²) in [6, 6.07) is 19.7. The van der Waals surface area contributed by atoms with Crippen LogP contribution in [0.2, 0.25) is 5.02 Å². The minimum Gasteiger partial charge on any atom is -0.351 e. The van der Waals surface area contributed by atoms with Gasteiger partial charge in [-0.25, -0.2) is 4.98 Å². The van der Waals surface area contributed by atoms with Gasteiger partial charge in [-0.05, 0) is 35.9 Å². The van der Waals surface area contributed by atoms with Crippen molar-refractivity contribution in [2.45, 2.75) is 24.5 Å². The lowest BCUT2D eigenvalue weighted by Gasteiger charge is -2.28. The molecular weight excluding hydrogens is 440 g/mol. The van der Waals surface area contributed by atoms with E-state index in [2.05, 4.69) is 23.3 Å². The normalized spacial score (nSPS) is 13.3. The van der Waals surface area contributed by atoms with Crippen LogP contribution in [0.25, 0.3) is 11.1 Å². The molecule has 7 heteroatoms. The standard InChI is InChI=1S/C25H23ClN4OS/c1-30-12-11-22-21(15-30)24(18-7-9-19(26)10-8-18)20(13-27)25(29-22)32-16-23(31)28-14-17-5-3-2-4-6-17/h2-10H,11-12,14-16H2,1H3,(H,28,31). The van der Waals surface area contributed by atoms with Crippen LogP contribution < -0.4 is 5.32 Å². The summed E-state index contributed by atoms with van der Waals surface area (Å²) in [7, 11) is 2.07. The van der Waals surface area contributed by atoms with E-state index in [1.54, 1.807) is 0 Å². The van der Waals surface area contributed by atoms with Crippen LogP contribution in [0.5, 0.6) is 0 Å². The van der Waals surface area contributed by atoms with E-state index in [0.29, 0.717) is 22.2 Å². The highest BCUT2D eigenvalue weighted by molar-refractivity contribution is 8.00. The van der Waals surface area contributed by atoms with Crippen LogP contribution in [0.4, 0.5) is 0 Å². The van der Waals surface area contributed by atoms with Crippen molar-refractivity contribution in [3.8, 4) is 17.2 Å². The number of thioether (sulfide) groups is 1. The average Bonchev–Trinajstić information content (AvgIpc) is 2.82. The van der Waals surface area contributed by atoms with Crippen LogP contribution >= 0.6 is 23.4 Å². The summed E-state index contributed by atoms with van der Waals surface area (Å²) in [6.07, 6.45) is 0.811. The van der Waals surface area contributed by atoms with E-state index in [-0.39, 0.29) is 11.7 Å². The number of likely N-dealkylation sites (N-methyl/N-ethyl adjacent to an activating group) is 1. The second kappa shape index (κ2) is 10.2. The first-order valence-electron chi connectivity index (χ1n) is 10.4. The summed E-state index contributed by atoms with van der Waals surface area (Å²) in [5.74, 6) is 0.114. The molecule has 1 aliphatic rings. The number of carbonyl (C=O) groups excluding carboxylic acids is 1. The van der Waals surface area contributed by atoms with Crippen LogP contribution in [-0.4, -0.2) is 35.1 Å². The van der Waals surface area contributed by atoms with Crippen LogP contribution in [0.15, 0.2) is 59.6 Å². The van der Waals surface area contributed by atoms with Gasteiger partial charge in [-0.3, -0.25) is 4.79 Å². The molecule has 5 nitrogen and oxygen atoms in total. The highest BCUT2D eigenvalue weighted by atomic mass is 35.5. The number of hydrogen-bond donors (Lipinski definition) is 1. The number of rotatable bonds is 6. The fourth-order valence-corrected chi connectivity index (χ4v) is 4.76. The third-order valence-corrected chi connectivity index (χ3v) is 6.65. The third kappa shape index (κ3) is 5.13. The van der Waals surface area contributed by atoms with Crippen molar-refractivity contribution >= 4 is 29.3 Å². The maximum atomic E-state index is 12.4. The number of hydrogen-bond acceptors (Lipinski definition) is 5. The molecule has 2 heterocycles. The van der Waals surface area contributed by atoms with E-state index in [9.17, 15) is 10.1 Å². The van der Waals surface area contributed by atoms with E-state index in [1.165, 1.54) is 11.8 Å². The van der Waals surface area contributed by atoms with Gasteiger partial charge in [0.05, 0.1) is 11.3 Å². The summed E-state index contributed by atoms with van der Waals surface area (Å²) in [4.78, 5) is 19.5. The van der Waals surface area contributed by atoms with Crippen molar-refractivity contribution in [2.24, 2.45) is 0 Å². The Kier molecular flexibility index (Phi) is 7.11. The third-order valence-electron chi connectivity index (χ3n) is 5.43. The Morgan fingerprint density at radius 1 is 1.22 bits per heavy atom. The van der Waals surface area contributed by atoms with Crippen molar-refractivity contribution in [1.29, 1.82) is 5.26 Å². The number of carbonyl (C=O) groups is 1. The second-order valence-corrected chi connectivity index (χ2v) is 9.15. The molecule has 0 fully saturated rings. The number of amides is 1. The van der Waals surface area contributed by atoms with E-state index in [0.717, 1.165) is 47.5 Å². The molecule has 0 saturated heterocycles. The second-order valence-electron chi connectivity index (χ2n) is 7.75. The molecule has 32 heavy (non-hydrogen) atoms. The first kappa shape index (κ1) is 22.3. The molecule has 0 saturated carbocycles. The molecule has 0 radical (unpaired) electrons. The zero-order chi connectivity index (χ0) is 22.5. The molecule has 0 spiro atoms. The fraction of sp³-hybridized carbons (Fsp3) is 0.240. The minimum absolute atomic E-state index is 0.0879. The van der Waals surface area contributed by atoms with Crippen LogP contribution in [0, 0.1) is 11.3 Å². The average molecular weight is 463 g/mol. The topological polar surface area (TPSA) is 69.0 Å². The van der Waals surface area contributed by atoms with Crippen LogP contribution in [0.1, 0.15) is 22.4 Å². The molecule has 0 aliphatic carbocycles. The highest BCUT2D eigenvalue weighted by Gasteiger charge is 2.25. The molecule has 0 unspecified atom stereocenters. The summed E-state index contributed by atoms with van der Waals surface area (Å²) in [5, 5.41) is 14.2. The Bertz CT molecular complexity index is 1160. The molecule has 1 amide bonds. The Hall–Kier alpha value is -2.85. The largest absolute Gasteiger partial charge is 0.351 e. The van der Waals surface area contributed by atoms with Gasteiger partial charge in [0.25, 0.3) is 0 Å². The maximum absolute atomic E-state index is 12.4. The molecule has 0 bridgehead atoms. The minimum atomic E-state index is -0.0879. The summed E-state index contributed by atoms with van der Waals surface area (Å²) >= 11 is 7.41. The molecule has 2 aromatic carbocycles. The number of benzene rings is 2. The Balaban J connectivity index is 1.61. The smallest absolute Gasteiger partial charge is 0.230 e. The lowest BCUT2D eigenvalue weighted by atomic mass is 9.92. The van der Waals surface area contributed by atoms with E-state index >= 15 is 0 Å². The number of aromatic nitrogens is 1. The van der Waals surface area contributed by atoms with Crippen molar-refractivity contribution in [2.75, 3.05) is 19.3 Å². The predicted molar refractivity (Wildman–Crippen MR) is 128 cm³/mol. The number of fused-ring (bicyclic) bond motifs is 1. The van der Waals surface area contributed by atoms with Gasteiger partial charge in [0.1, 0.15) is 11.1 Å². The van der Waals surface area contributed by atoms with Gasteiger partial charge < -0.3 is 10.2 Å². The Labute approximate surface area is 197 Å². The molecule has 0 atom stereocenters. The first-order valence-corrected chi connectivity index (χ1v) is 11.7. The Morgan fingerprint density at radius 3 is 2.69 bits per heavy atom. The van der Waals surface area contributed by atoms with Crippen LogP contribution in [0.3, 0.4) is 0 Å². The fourth-order valence-electron chi connectivity index (χ4n) is 3.80. The highest BCUT2D eigenvalue weighted by Crippen LogP contribution is 2.37. The lowest BCUT2D eigenvalue weighted by Crippen LogP contribution is -2.28. The van der Waals surface area contributed by atoms with Gasteiger partial charge in [-0.2, -0.15) is 5.26 Å². The lowest BCUT2D eigenvalue weighted by molar-refractivity contribution is -0.118. The number of nitrogens with one attached hydrogen (secondary N) is 1. The van der Waals surface area contributed by atoms with Crippen LogP contribution in [-0.2, 0) is 24.3 Å².